The summed E-state index contributed by atoms with van der Waals surface area (Å²) in [6, 6.07) is 2.53. The van der Waals surface area contributed by atoms with Crippen molar-refractivity contribution in [3.63, 3.8) is 0 Å². The minimum Gasteiger partial charge on any atom is -0.508 e. The molecule has 1 aromatic carbocycles. The van der Waals surface area contributed by atoms with Crippen molar-refractivity contribution in [2.24, 2.45) is 5.92 Å². The molecule has 0 saturated carbocycles. The lowest BCUT2D eigenvalue weighted by Gasteiger charge is -2.08. The van der Waals surface area contributed by atoms with Crippen LogP contribution < -0.4 is 0 Å². The van der Waals surface area contributed by atoms with Crippen LogP contribution in [0.5, 0.6) is 5.75 Å². The number of hydrogen-bond donors (Lipinski definition) is 1. The quantitative estimate of drug-likeness (QED) is 0.780. The zero-order valence-corrected chi connectivity index (χ0v) is 8.40. The number of rotatable bonds is 2. The molecule has 0 aliphatic carbocycles. The Labute approximate surface area is 82.2 Å². The molecule has 0 aliphatic rings. The molecular weight excluding hydrogens is 191 g/mol. The zero-order valence-electron chi connectivity index (χ0n) is 7.64. The summed E-state index contributed by atoms with van der Waals surface area (Å²) in [5.41, 5.74) is 0.696. The molecule has 1 N–H and O–H groups in total. The number of phenols is 1. The third-order valence-corrected chi connectivity index (χ3v) is 2.04. The van der Waals surface area contributed by atoms with Gasteiger partial charge in [0.25, 0.3) is 0 Å². The maximum Gasteiger partial charge on any atom is 0.145 e. The molecule has 1 aromatic rings. The molecule has 0 fully saturated rings. The van der Waals surface area contributed by atoms with Gasteiger partial charge in [-0.15, -0.1) is 0 Å². The largest absolute Gasteiger partial charge is 0.508 e. The molecule has 72 valence electrons. The highest BCUT2D eigenvalue weighted by atomic mass is 35.5. The molecule has 1 rings (SSSR count). The first-order valence-electron chi connectivity index (χ1n) is 4.17. The van der Waals surface area contributed by atoms with E-state index in [1.54, 1.807) is 0 Å². The lowest BCUT2D eigenvalue weighted by molar-refractivity contribution is 0.456. The number of hydrogen-bond acceptors (Lipinski definition) is 1. The average Bonchev–Trinajstić information content (AvgIpc) is 1.99. The molecule has 3 heteroatoms. The van der Waals surface area contributed by atoms with Crippen molar-refractivity contribution >= 4 is 11.6 Å². The fourth-order valence-corrected chi connectivity index (χ4v) is 1.37. The summed E-state index contributed by atoms with van der Waals surface area (Å²) >= 11 is 5.58. The van der Waals surface area contributed by atoms with Gasteiger partial charge in [0, 0.05) is 6.07 Å². The first-order chi connectivity index (χ1) is 6.00. The molecule has 13 heavy (non-hydrogen) atoms. The SMILES string of the molecule is CC(C)Cc1cc(Cl)c(F)cc1O. The molecule has 0 aromatic heterocycles. The molecule has 0 heterocycles. The fourth-order valence-electron chi connectivity index (χ4n) is 1.18. The van der Waals surface area contributed by atoms with E-state index in [1.165, 1.54) is 6.07 Å². The summed E-state index contributed by atoms with van der Waals surface area (Å²) in [7, 11) is 0. The van der Waals surface area contributed by atoms with Gasteiger partial charge in [0.1, 0.15) is 11.6 Å². The van der Waals surface area contributed by atoms with Crippen LogP contribution >= 0.6 is 11.6 Å². The van der Waals surface area contributed by atoms with Gasteiger partial charge in [-0.05, 0) is 24.0 Å². The number of halogens is 2. The highest BCUT2D eigenvalue weighted by molar-refractivity contribution is 6.30. The smallest absolute Gasteiger partial charge is 0.145 e. The van der Waals surface area contributed by atoms with Crippen molar-refractivity contribution in [2.45, 2.75) is 20.3 Å². The Morgan fingerprint density at radius 3 is 2.62 bits per heavy atom. The minimum absolute atomic E-state index is 0.0180. The maximum atomic E-state index is 12.8. The van der Waals surface area contributed by atoms with Crippen LogP contribution in [-0.2, 0) is 6.42 Å². The Morgan fingerprint density at radius 1 is 1.46 bits per heavy atom. The number of benzene rings is 1. The van der Waals surface area contributed by atoms with E-state index in [0.29, 0.717) is 17.9 Å². The van der Waals surface area contributed by atoms with Crippen LogP contribution in [-0.4, -0.2) is 5.11 Å². The van der Waals surface area contributed by atoms with Crippen LogP contribution in [0.15, 0.2) is 12.1 Å². The van der Waals surface area contributed by atoms with Gasteiger partial charge in [-0.1, -0.05) is 25.4 Å². The van der Waals surface area contributed by atoms with E-state index in [2.05, 4.69) is 0 Å². The van der Waals surface area contributed by atoms with Gasteiger partial charge in [-0.3, -0.25) is 0 Å². The molecule has 0 aliphatic heterocycles. The van der Waals surface area contributed by atoms with E-state index in [1.807, 2.05) is 13.8 Å². The van der Waals surface area contributed by atoms with Crippen molar-refractivity contribution in [3.05, 3.63) is 28.5 Å². The van der Waals surface area contributed by atoms with Crippen LogP contribution in [0.4, 0.5) is 4.39 Å². The molecule has 0 saturated heterocycles. The van der Waals surface area contributed by atoms with Gasteiger partial charge >= 0.3 is 0 Å². The first-order valence-corrected chi connectivity index (χ1v) is 4.55. The predicted molar refractivity (Wildman–Crippen MR) is 51.6 cm³/mol. The Morgan fingerprint density at radius 2 is 2.08 bits per heavy atom. The van der Waals surface area contributed by atoms with Crippen molar-refractivity contribution < 1.29 is 9.50 Å². The van der Waals surface area contributed by atoms with Crippen molar-refractivity contribution in [1.29, 1.82) is 0 Å². The van der Waals surface area contributed by atoms with E-state index in [-0.39, 0.29) is 10.8 Å². The van der Waals surface area contributed by atoms with Gasteiger partial charge in [0.2, 0.25) is 0 Å². The van der Waals surface area contributed by atoms with E-state index < -0.39 is 5.82 Å². The summed E-state index contributed by atoms with van der Waals surface area (Å²) in [6.45, 7) is 4.05. The molecule has 0 bridgehead atoms. The van der Waals surface area contributed by atoms with Gasteiger partial charge in [-0.25, -0.2) is 4.39 Å². The molecule has 0 atom stereocenters. The first kappa shape index (κ1) is 10.3. The van der Waals surface area contributed by atoms with E-state index in [4.69, 9.17) is 11.6 Å². The normalized spacial score (nSPS) is 10.8. The second kappa shape index (κ2) is 3.97. The van der Waals surface area contributed by atoms with Gasteiger partial charge in [-0.2, -0.15) is 0 Å². The average molecular weight is 203 g/mol. The summed E-state index contributed by atoms with van der Waals surface area (Å²) < 4.78 is 12.8. The fraction of sp³-hybridized carbons (Fsp3) is 0.400. The molecule has 1 nitrogen and oxygen atoms in total. The molecule has 0 radical (unpaired) electrons. The summed E-state index contributed by atoms with van der Waals surface area (Å²) in [5.74, 6) is -0.185. The third-order valence-electron chi connectivity index (χ3n) is 1.75. The van der Waals surface area contributed by atoms with Gasteiger partial charge < -0.3 is 5.11 Å². The topological polar surface area (TPSA) is 20.2 Å². The Balaban J connectivity index is 3.01. The third kappa shape index (κ3) is 2.59. The second-order valence-corrected chi connectivity index (χ2v) is 3.90. The number of phenolic OH excluding ortho intramolecular Hbond substituents is 1. The summed E-state index contributed by atoms with van der Waals surface area (Å²) in [5, 5.41) is 9.43. The van der Waals surface area contributed by atoms with Gasteiger partial charge in [0.05, 0.1) is 5.02 Å². The Hall–Kier alpha value is -0.760. The molecule has 0 unspecified atom stereocenters. The zero-order chi connectivity index (χ0) is 10.0. The Bertz CT molecular complexity index is 310. The highest BCUT2D eigenvalue weighted by Gasteiger charge is 2.08. The van der Waals surface area contributed by atoms with Crippen LogP contribution in [0.3, 0.4) is 0 Å². The summed E-state index contributed by atoms with van der Waals surface area (Å²) in [6.07, 6.45) is 0.700. The minimum atomic E-state index is -0.577. The second-order valence-electron chi connectivity index (χ2n) is 3.49. The highest BCUT2D eigenvalue weighted by Crippen LogP contribution is 2.26. The van der Waals surface area contributed by atoms with Crippen molar-refractivity contribution in [1.82, 2.24) is 0 Å². The lowest BCUT2D eigenvalue weighted by Crippen LogP contribution is -1.95. The van der Waals surface area contributed by atoms with Crippen LogP contribution in [0, 0.1) is 11.7 Å². The van der Waals surface area contributed by atoms with E-state index in [0.717, 1.165) is 6.07 Å². The van der Waals surface area contributed by atoms with Crippen LogP contribution in [0.2, 0.25) is 5.02 Å². The molecule has 0 amide bonds. The summed E-state index contributed by atoms with van der Waals surface area (Å²) in [4.78, 5) is 0. The monoisotopic (exact) mass is 202 g/mol. The maximum absolute atomic E-state index is 12.8. The van der Waals surface area contributed by atoms with Crippen LogP contribution in [0.1, 0.15) is 19.4 Å². The lowest BCUT2D eigenvalue weighted by atomic mass is 10.0. The Kier molecular flexibility index (Phi) is 3.15. The van der Waals surface area contributed by atoms with Crippen molar-refractivity contribution in [2.75, 3.05) is 0 Å². The number of aromatic hydroxyl groups is 1. The van der Waals surface area contributed by atoms with Gasteiger partial charge in [0.15, 0.2) is 0 Å². The molecular formula is C10H12ClFO. The molecule has 0 spiro atoms. The van der Waals surface area contributed by atoms with E-state index >= 15 is 0 Å². The predicted octanol–water partition coefficient (Wildman–Crippen LogP) is 3.38. The van der Waals surface area contributed by atoms with Crippen molar-refractivity contribution in [3.8, 4) is 5.75 Å². The van der Waals surface area contributed by atoms with E-state index in [9.17, 15) is 9.50 Å². The standard InChI is InChI=1S/C10H12ClFO/c1-6(2)3-7-4-8(11)9(12)5-10(7)13/h4-6,13H,3H2,1-2H3. The van der Waals surface area contributed by atoms with Crippen LogP contribution in [0.25, 0.3) is 0 Å².